The second-order valence-corrected chi connectivity index (χ2v) is 4.56. The molecule has 20 heavy (non-hydrogen) atoms. The van der Waals surface area contributed by atoms with E-state index in [9.17, 15) is 0 Å². The van der Waals surface area contributed by atoms with E-state index < -0.39 is 0 Å². The Bertz CT molecular complexity index is 757. The molecule has 7 heteroatoms. The lowest BCUT2D eigenvalue weighted by molar-refractivity contribution is 0.415. The molecule has 6 nitrogen and oxygen atoms in total. The van der Waals surface area contributed by atoms with Crippen LogP contribution in [0, 0.1) is 0 Å². The minimum atomic E-state index is 0.371. The molecule has 0 fully saturated rings. The number of anilines is 2. The number of hydrogen-bond donors (Lipinski definition) is 0. The maximum absolute atomic E-state index is 6.03. The Kier molecular flexibility index (Phi) is 3.15. The van der Waals surface area contributed by atoms with E-state index in [-0.39, 0.29) is 0 Å². The minimum Gasteiger partial charge on any atom is -0.497 e. The highest BCUT2D eigenvalue weighted by molar-refractivity contribution is 6.29. The molecule has 0 spiro atoms. The van der Waals surface area contributed by atoms with Gasteiger partial charge in [-0.3, -0.25) is 0 Å². The van der Waals surface area contributed by atoms with Crippen molar-refractivity contribution in [3.05, 3.63) is 41.8 Å². The second kappa shape index (κ2) is 4.97. The molecule has 3 aromatic rings. The van der Waals surface area contributed by atoms with Crippen LogP contribution in [0.4, 0.5) is 11.5 Å². The average Bonchev–Trinajstić information content (AvgIpc) is 2.93. The Hall–Kier alpha value is -2.34. The van der Waals surface area contributed by atoms with Crippen LogP contribution < -0.4 is 9.64 Å². The Morgan fingerprint density at radius 1 is 1.30 bits per heavy atom. The maximum Gasteiger partial charge on any atom is 0.255 e. The van der Waals surface area contributed by atoms with Gasteiger partial charge in [-0.05, 0) is 12.1 Å². The summed E-state index contributed by atoms with van der Waals surface area (Å²) < 4.78 is 6.87. The number of nitrogens with zero attached hydrogens (tertiary/aromatic N) is 5. The smallest absolute Gasteiger partial charge is 0.255 e. The van der Waals surface area contributed by atoms with Crippen molar-refractivity contribution in [3.63, 3.8) is 0 Å². The van der Waals surface area contributed by atoms with Crippen LogP contribution in [-0.2, 0) is 0 Å². The number of methoxy groups -OCH3 is 1. The first-order valence-electron chi connectivity index (χ1n) is 5.93. The van der Waals surface area contributed by atoms with E-state index in [4.69, 9.17) is 16.3 Å². The van der Waals surface area contributed by atoms with Crippen molar-refractivity contribution in [1.29, 1.82) is 0 Å². The quantitative estimate of drug-likeness (QED) is 0.694. The van der Waals surface area contributed by atoms with Gasteiger partial charge in [0.05, 0.1) is 7.11 Å². The summed E-state index contributed by atoms with van der Waals surface area (Å²) in [6.07, 6.45) is 1.45. The molecule has 0 aliphatic heterocycles. The zero-order chi connectivity index (χ0) is 14.1. The van der Waals surface area contributed by atoms with Crippen LogP contribution >= 0.6 is 11.6 Å². The van der Waals surface area contributed by atoms with E-state index in [2.05, 4.69) is 15.1 Å². The number of benzene rings is 1. The standard InChI is InChI=1S/C13H12ClN5O/c1-18(9-4-3-5-10(6-9)20-2)12-7-11(14)17-13-15-8-16-19(12)13/h3-8H,1-2H3. The summed E-state index contributed by atoms with van der Waals surface area (Å²) in [5.74, 6) is 2.01. The van der Waals surface area contributed by atoms with Gasteiger partial charge in [-0.15, -0.1) is 0 Å². The summed E-state index contributed by atoms with van der Waals surface area (Å²) in [5, 5.41) is 4.53. The molecule has 0 saturated heterocycles. The first-order valence-corrected chi connectivity index (χ1v) is 6.31. The predicted molar refractivity (Wildman–Crippen MR) is 76.8 cm³/mol. The molecule has 0 radical (unpaired) electrons. The topological polar surface area (TPSA) is 55.5 Å². The van der Waals surface area contributed by atoms with Crippen molar-refractivity contribution < 1.29 is 4.74 Å². The molecule has 102 valence electrons. The molecule has 0 amide bonds. The number of aromatic nitrogens is 4. The van der Waals surface area contributed by atoms with Gasteiger partial charge in [-0.2, -0.15) is 19.6 Å². The number of halogens is 1. The predicted octanol–water partition coefficient (Wildman–Crippen LogP) is 2.55. The SMILES string of the molecule is COc1cccc(N(C)c2cc(Cl)nc3ncnn23)c1. The monoisotopic (exact) mass is 289 g/mol. The Balaban J connectivity index is 2.11. The van der Waals surface area contributed by atoms with Gasteiger partial charge in [-0.1, -0.05) is 17.7 Å². The summed E-state index contributed by atoms with van der Waals surface area (Å²) in [7, 11) is 3.56. The molecular formula is C13H12ClN5O. The van der Waals surface area contributed by atoms with E-state index in [0.29, 0.717) is 10.9 Å². The van der Waals surface area contributed by atoms with Crippen LogP contribution in [0.25, 0.3) is 5.78 Å². The van der Waals surface area contributed by atoms with Gasteiger partial charge >= 0.3 is 0 Å². The van der Waals surface area contributed by atoms with Crippen LogP contribution in [0.2, 0.25) is 5.15 Å². The van der Waals surface area contributed by atoms with Crippen molar-refractivity contribution >= 4 is 28.9 Å². The lowest BCUT2D eigenvalue weighted by atomic mass is 10.3. The molecule has 0 saturated carbocycles. The molecule has 0 bridgehead atoms. The molecule has 1 aromatic carbocycles. The normalized spacial score (nSPS) is 10.8. The minimum absolute atomic E-state index is 0.371. The molecule has 0 atom stereocenters. The van der Waals surface area contributed by atoms with Crippen LogP contribution in [0.5, 0.6) is 5.75 Å². The largest absolute Gasteiger partial charge is 0.497 e. The number of rotatable bonds is 3. The second-order valence-electron chi connectivity index (χ2n) is 4.17. The number of fused-ring (bicyclic) bond motifs is 1. The highest BCUT2D eigenvalue weighted by atomic mass is 35.5. The van der Waals surface area contributed by atoms with E-state index in [1.807, 2.05) is 36.2 Å². The van der Waals surface area contributed by atoms with E-state index in [1.165, 1.54) is 6.33 Å². The van der Waals surface area contributed by atoms with Gasteiger partial charge in [-0.25, -0.2) is 0 Å². The first kappa shape index (κ1) is 12.7. The summed E-state index contributed by atoms with van der Waals surface area (Å²) in [6, 6.07) is 9.45. The zero-order valence-electron chi connectivity index (χ0n) is 11.0. The molecule has 2 aromatic heterocycles. The summed E-state index contributed by atoms with van der Waals surface area (Å²) in [6.45, 7) is 0. The van der Waals surface area contributed by atoms with Crippen molar-refractivity contribution in [2.75, 3.05) is 19.1 Å². The lowest BCUT2D eigenvalue weighted by Crippen LogP contribution is -2.14. The number of ether oxygens (including phenoxy) is 1. The molecule has 0 aliphatic rings. The summed E-state index contributed by atoms with van der Waals surface area (Å²) >= 11 is 6.03. The van der Waals surface area contributed by atoms with Gasteiger partial charge in [0.15, 0.2) is 0 Å². The van der Waals surface area contributed by atoms with E-state index in [1.54, 1.807) is 17.7 Å². The van der Waals surface area contributed by atoms with Gasteiger partial charge in [0.2, 0.25) is 0 Å². The molecule has 0 N–H and O–H groups in total. The van der Waals surface area contributed by atoms with Crippen molar-refractivity contribution in [3.8, 4) is 5.75 Å². The van der Waals surface area contributed by atoms with Crippen LogP contribution in [0.1, 0.15) is 0 Å². The van der Waals surface area contributed by atoms with Crippen LogP contribution in [-0.4, -0.2) is 33.7 Å². The summed E-state index contributed by atoms with van der Waals surface area (Å²) in [5.41, 5.74) is 0.948. The fourth-order valence-corrected chi connectivity index (χ4v) is 2.13. The fraction of sp³-hybridized carbons (Fsp3) is 0.154. The zero-order valence-corrected chi connectivity index (χ0v) is 11.7. The number of hydrogen-bond acceptors (Lipinski definition) is 5. The van der Waals surface area contributed by atoms with Crippen molar-refractivity contribution in [2.45, 2.75) is 0 Å². The third-order valence-corrected chi connectivity index (χ3v) is 3.18. The molecule has 0 unspecified atom stereocenters. The van der Waals surface area contributed by atoms with Crippen molar-refractivity contribution in [2.24, 2.45) is 0 Å². The first-order chi connectivity index (χ1) is 9.69. The van der Waals surface area contributed by atoms with Gasteiger partial charge < -0.3 is 9.64 Å². The maximum atomic E-state index is 6.03. The van der Waals surface area contributed by atoms with Crippen LogP contribution in [0.15, 0.2) is 36.7 Å². The molecule has 2 heterocycles. The van der Waals surface area contributed by atoms with E-state index in [0.717, 1.165) is 17.3 Å². The average molecular weight is 290 g/mol. The van der Waals surface area contributed by atoms with Gasteiger partial charge in [0, 0.05) is 24.9 Å². The highest BCUT2D eigenvalue weighted by Crippen LogP contribution is 2.27. The van der Waals surface area contributed by atoms with Crippen LogP contribution in [0.3, 0.4) is 0 Å². The lowest BCUT2D eigenvalue weighted by Gasteiger charge is -2.20. The Morgan fingerprint density at radius 3 is 2.95 bits per heavy atom. The van der Waals surface area contributed by atoms with Gasteiger partial charge in [0.25, 0.3) is 5.78 Å². The third-order valence-electron chi connectivity index (χ3n) is 2.99. The fourth-order valence-electron chi connectivity index (χ4n) is 1.96. The molecule has 3 rings (SSSR count). The summed E-state index contributed by atoms with van der Waals surface area (Å²) in [4.78, 5) is 10.1. The highest BCUT2D eigenvalue weighted by Gasteiger charge is 2.12. The van der Waals surface area contributed by atoms with E-state index >= 15 is 0 Å². The molecular weight excluding hydrogens is 278 g/mol. The Labute approximate surface area is 120 Å². The van der Waals surface area contributed by atoms with Crippen molar-refractivity contribution in [1.82, 2.24) is 19.6 Å². The van der Waals surface area contributed by atoms with Gasteiger partial charge in [0.1, 0.15) is 23.0 Å². The third kappa shape index (κ3) is 2.14. The Morgan fingerprint density at radius 2 is 2.15 bits per heavy atom. The molecule has 0 aliphatic carbocycles.